The first-order valence-electron chi connectivity index (χ1n) is 6.44. The molecule has 114 valence electrons. The molecule has 3 N–H and O–H groups in total. The predicted octanol–water partition coefficient (Wildman–Crippen LogP) is -0.917. The van der Waals surface area contributed by atoms with Crippen LogP contribution in [0.5, 0.6) is 0 Å². The van der Waals surface area contributed by atoms with E-state index in [-0.39, 0.29) is 31.5 Å². The van der Waals surface area contributed by atoms with E-state index in [1.165, 1.54) is 7.05 Å². The van der Waals surface area contributed by atoms with Crippen molar-refractivity contribution in [2.24, 2.45) is 0 Å². The highest BCUT2D eigenvalue weighted by Gasteiger charge is 2.40. The maximum absolute atomic E-state index is 12.1. The molecular weight excluding hydrogens is 266 g/mol. The Morgan fingerprint density at radius 2 is 2.00 bits per heavy atom. The number of rotatable bonds is 4. The van der Waals surface area contributed by atoms with Gasteiger partial charge in [0.15, 0.2) is 0 Å². The van der Waals surface area contributed by atoms with Crippen LogP contribution in [0.4, 0.5) is 4.79 Å². The number of aliphatic hydroxyl groups is 1. The third-order valence-corrected chi connectivity index (χ3v) is 2.97. The molecule has 2 unspecified atom stereocenters. The molecule has 3 amide bonds. The molecule has 8 nitrogen and oxygen atoms in total. The van der Waals surface area contributed by atoms with Crippen LogP contribution in [-0.2, 0) is 9.59 Å². The molecule has 1 aliphatic heterocycles. The number of nitrogens with zero attached hydrogens (tertiary/aromatic N) is 2. The van der Waals surface area contributed by atoms with E-state index in [0.717, 1.165) is 9.80 Å². The highest BCUT2D eigenvalue weighted by molar-refractivity contribution is 5.87. The molecule has 1 heterocycles. The summed E-state index contributed by atoms with van der Waals surface area (Å²) >= 11 is 0. The number of nitrogens with one attached hydrogen (secondary N) is 1. The summed E-state index contributed by atoms with van der Waals surface area (Å²) in [5, 5.41) is 21.2. The molecule has 1 fully saturated rings. The molecule has 2 atom stereocenters. The van der Waals surface area contributed by atoms with Crippen molar-refractivity contribution in [3.63, 3.8) is 0 Å². The zero-order valence-corrected chi connectivity index (χ0v) is 11.9. The van der Waals surface area contributed by atoms with Gasteiger partial charge in [-0.3, -0.25) is 4.79 Å². The fourth-order valence-corrected chi connectivity index (χ4v) is 2.13. The van der Waals surface area contributed by atoms with E-state index >= 15 is 0 Å². The average molecular weight is 287 g/mol. The second-order valence-electron chi connectivity index (χ2n) is 5.26. The van der Waals surface area contributed by atoms with E-state index in [9.17, 15) is 19.5 Å². The van der Waals surface area contributed by atoms with Crippen molar-refractivity contribution in [3.05, 3.63) is 0 Å². The fourth-order valence-electron chi connectivity index (χ4n) is 2.13. The van der Waals surface area contributed by atoms with Gasteiger partial charge in [-0.15, -0.1) is 0 Å². The van der Waals surface area contributed by atoms with Crippen molar-refractivity contribution >= 4 is 17.9 Å². The van der Waals surface area contributed by atoms with Crippen LogP contribution in [0.1, 0.15) is 20.3 Å². The lowest BCUT2D eigenvalue weighted by Gasteiger charge is -2.27. The molecule has 0 saturated carbocycles. The van der Waals surface area contributed by atoms with E-state index in [0.29, 0.717) is 0 Å². The second-order valence-corrected chi connectivity index (χ2v) is 5.26. The number of β-amino-alcohol motifs (C(OH)–C–C–N with tert-alkyl or cyclic N) is 1. The Morgan fingerprint density at radius 1 is 1.40 bits per heavy atom. The van der Waals surface area contributed by atoms with Gasteiger partial charge in [-0.1, -0.05) is 0 Å². The van der Waals surface area contributed by atoms with Crippen molar-refractivity contribution in [1.29, 1.82) is 0 Å². The second kappa shape index (κ2) is 6.56. The first-order chi connectivity index (χ1) is 9.22. The van der Waals surface area contributed by atoms with E-state index in [4.69, 9.17) is 5.11 Å². The first-order valence-corrected chi connectivity index (χ1v) is 6.44. The minimum Gasteiger partial charge on any atom is -0.480 e. The van der Waals surface area contributed by atoms with Crippen LogP contribution in [-0.4, -0.2) is 76.2 Å². The summed E-state index contributed by atoms with van der Waals surface area (Å²) in [5.41, 5.74) is 0. The van der Waals surface area contributed by atoms with Crippen molar-refractivity contribution in [1.82, 2.24) is 15.1 Å². The zero-order valence-electron chi connectivity index (χ0n) is 11.9. The molecule has 0 bridgehead atoms. The summed E-state index contributed by atoms with van der Waals surface area (Å²) in [6.45, 7) is 3.41. The van der Waals surface area contributed by atoms with Gasteiger partial charge < -0.3 is 25.3 Å². The van der Waals surface area contributed by atoms with Crippen LogP contribution in [0, 0.1) is 0 Å². The maximum atomic E-state index is 12.1. The standard InChI is InChI=1S/C12H21N3O5/c1-7(2)13-10(17)6-14(3)12(20)15-5-8(16)4-9(15)11(18)19/h7-9,16H,4-6H2,1-3H3,(H,13,17)(H,18,19). The average Bonchev–Trinajstić information content (AvgIpc) is 2.69. The molecule has 0 aromatic carbocycles. The molecule has 1 rings (SSSR count). The van der Waals surface area contributed by atoms with E-state index in [1.54, 1.807) is 13.8 Å². The Hall–Kier alpha value is -1.83. The van der Waals surface area contributed by atoms with Gasteiger partial charge in [0.2, 0.25) is 5.91 Å². The lowest BCUT2D eigenvalue weighted by Crippen LogP contribution is -2.49. The summed E-state index contributed by atoms with van der Waals surface area (Å²) in [4.78, 5) is 37.0. The molecule has 1 aliphatic rings. The quantitative estimate of drug-likeness (QED) is 0.619. The topological polar surface area (TPSA) is 110 Å². The summed E-state index contributed by atoms with van der Waals surface area (Å²) in [6, 6.07) is -1.66. The summed E-state index contributed by atoms with van der Waals surface area (Å²) < 4.78 is 0. The van der Waals surface area contributed by atoms with Crippen LogP contribution < -0.4 is 5.32 Å². The number of carbonyl (C=O) groups excluding carboxylic acids is 2. The number of hydrogen-bond donors (Lipinski definition) is 3. The van der Waals surface area contributed by atoms with Crippen LogP contribution >= 0.6 is 0 Å². The van der Waals surface area contributed by atoms with Gasteiger partial charge in [-0.2, -0.15) is 0 Å². The Bertz CT molecular complexity index is 399. The molecule has 1 saturated heterocycles. The summed E-state index contributed by atoms with van der Waals surface area (Å²) in [5.74, 6) is -1.47. The number of likely N-dealkylation sites (N-methyl/N-ethyl adjacent to an activating group) is 1. The SMILES string of the molecule is CC(C)NC(=O)CN(C)C(=O)N1CC(O)CC1C(=O)O. The van der Waals surface area contributed by atoms with Crippen molar-refractivity contribution in [2.45, 2.75) is 38.5 Å². The van der Waals surface area contributed by atoms with Crippen LogP contribution in [0.3, 0.4) is 0 Å². The first kappa shape index (κ1) is 16.2. The number of hydrogen-bond acceptors (Lipinski definition) is 4. The number of amides is 3. The fraction of sp³-hybridized carbons (Fsp3) is 0.750. The molecule has 8 heteroatoms. The monoisotopic (exact) mass is 287 g/mol. The van der Waals surface area contributed by atoms with Crippen molar-refractivity contribution < 1.29 is 24.6 Å². The summed E-state index contributed by atoms with van der Waals surface area (Å²) in [6.07, 6.45) is -0.842. The van der Waals surface area contributed by atoms with Gasteiger partial charge >= 0.3 is 12.0 Å². The van der Waals surface area contributed by atoms with Gasteiger partial charge in [0.1, 0.15) is 12.6 Å². The van der Waals surface area contributed by atoms with E-state index < -0.39 is 24.1 Å². The number of carboxylic acid groups (broad SMARTS) is 1. The van der Waals surface area contributed by atoms with Gasteiger partial charge in [0, 0.05) is 26.1 Å². The third-order valence-electron chi connectivity index (χ3n) is 2.97. The van der Waals surface area contributed by atoms with Crippen molar-refractivity contribution in [2.75, 3.05) is 20.1 Å². The van der Waals surface area contributed by atoms with Crippen LogP contribution in [0.2, 0.25) is 0 Å². The molecule has 0 aromatic heterocycles. The number of carboxylic acids is 1. The van der Waals surface area contributed by atoms with E-state index in [1.807, 2.05) is 0 Å². The number of aliphatic carboxylic acids is 1. The van der Waals surface area contributed by atoms with Gasteiger partial charge in [-0.25, -0.2) is 9.59 Å². The molecule has 0 radical (unpaired) electrons. The number of aliphatic hydroxyl groups excluding tert-OH is 1. The number of carbonyl (C=O) groups is 3. The van der Waals surface area contributed by atoms with Gasteiger partial charge in [0.05, 0.1) is 6.10 Å². The Labute approximate surface area is 117 Å². The smallest absolute Gasteiger partial charge is 0.326 e. The predicted molar refractivity (Wildman–Crippen MR) is 70.1 cm³/mol. The highest BCUT2D eigenvalue weighted by atomic mass is 16.4. The van der Waals surface area contributed by atoms with E-state index in [2.05, 4.69) is 5.32 Å². The van der Waals surface area contributed by atoms with Crippen molar-refractivity contribution in [3.8, 4) is 0 Å². The number of likely N-dealkylation sites (tertiary alicyclic amines) is 1. The minimum atomic E-state index is -1.16. The Balaban J connectivity index is 2.64. The summed E-state index contributed by atoms with van der Waals surface area (Å²) in [7, 11) is 1.42. The Morgan fingerprint density at radius 3 is 2.50 bits per heavy atom. The largest absolute Gasteiger partial charge is 0.480 e. The number of urea groups is 1. The van der Waals surface area contributed by atoms with Gasteiger partial charge in [0.25, 0.3) is 0 Å². The molecule has 0 aliphatic carbocycles. The lowest BCUT2D eigenvalue weighted by atomic mass is 10.2. The van der Waals surface area contributed by atoms with Crippen LogP contribution in [0.15, 0.2) is 0 Å². The molecule has 0 aromatic rings. The maximum Gasteiger partial charge on any atom is 0.326 e. The lowest BCUT2D eigenvalue weighted by molar-refractivity contribution is -0.141. The zero-order chi connectivity index (χ0) is 15.4. The molecule has 20 heavy (non-hydrogen) atoms. The normalized spacial score (nSPS) is 21.9. The van der Waals surface area contributed by atoms with Gasteiger partial charge in [-0.05, 0) is 13.8 Å². The van der Waals surface area contributed by atoms with Crippen LogP contribution in [0.25, 0.3) is 0 Å². The minimum absolute atomic E-state index is 0.00705. The highest BCUT2D eigenvalue weighted by Crippen LogP contribution is 2.19. The third kappa shape index (κ3) is 4.09. The molecular formula is C12H21N3O5. The molecule has 0 spiro atoms. The Kier molecular flexibility index (Phi) is 5.32.